The summed E-state index contributed by atoms with van der Waals surface area (Å²) in [7, 11) is -2.06. The Bertz CT molecular complexity index is 784. The van der Waals surface area contributed by atoms with Crippen LogP contribution in [0.25, 0.3) is 0 Å². The predicted octanol–water partition coefficient (Wildman–Crippen LogP) is -0.0103. The maximum absolute atomic E-state index is 12.7. The van der Waals surface area contributed by atoms with Gasteiger partial charge in [-0.3, -0.25) is 15.0 Å². The summed E-state index contributed by atoms with van der Waals surface area (Å²) in [4.78, 5) is 25.5. The topological polar surface area (TPSA) is 108 Å². The zero-order valence-corrected chi connectivity index (χ0v) is 16.0. The molecule has 2 fully saturated rings. The number of nitrogens with zero attached hydrogens (tertiary/aromatic N) is 2. The van der Waals surface area contributed by atoms with Crippen molar-refractivity contribution in [2.24, 2.45) is 0 Å². The molecule has 0 unspecified atom stereocenters. The van der Waals surface area contributed by atoms with Gasteiger partial charge in [-0.05, 0) is 37.1 Å². The summed E-state index contributed by atoms with van der Waals surface area (Å²) in [6.45, 7) is 1.49. The number of urea groups is 1. The zero-order valence-electron chi connectivity index (χ0n) is 15.2. The van der Waals surface area contributed by atoms with Crippen LogP contribution in [0, 0.1) is 0 Å². The average molecular weight is 396 g/mol. The molecule has 0 bridgehead atoms. The summed E-state index contributed by atoms with van der Waals surface area (Å²) in [5.74, 6) is 0.204. The summed E-state index contributed by atoms with van der Waals surface area (Å²) in [6, 6.07) is 5.98. The molecule has 2 aliphatic rings. The number of amides is 3. The first kappa shape index (κ1) is 19.6. The first-order chi connectivity index (χ1) is 12.9. The lowest BCUT2D eigenvalue weighted by Gasteiger charge is -2.33. The van der Waals surface area contributed by atoms with Crippen molar-refractivity contribution in [2.45, 2.75) is 23.8 Å². The Hall–Kier alpha value is -2.17. The number of hydrogen-bond acceptors (Lipinski definition) is 6. The largest absolute Gasteiger partial charge is 0.497 e. The van der Waals surface area contributed by atoms with Crippen molar-refractivity contribution in [1.29, 1.82) is 0 Å². The molecule has 10 heteroatoms. The highest BCUT2D eigenvalue weighted by molar-refractivity contribution is 7.89. The van der Waals surface area contributed by atoms with Crippen molar-refractivity contribution in [2.75, 3.05) is 39.8 Å². The molecule has 1 aliphatic carbocycles. The number of nitrogens with one attached hydrogen (secondary N) is 2. The molecule has 1 aromatic rings. The third kappa shape index (κ3) is 5.18. The number of hydrogen-bond donors (Lipinski definition) is 2. The van der Waals surface area contributed by atoms with Crippen molar-refractivity contribution in [1.82, 2.24) is 19.8 Å². The van der Waals surface area contributed by atoms with Gasteiger partial charge in [0.05, 0.1) is 18.6 Å². The second-order valence-electron chi connectivity index (χ2n) is 6.65. The van der Waals surface area contributed by atoms with Crippen LogP contribution in [0.15, 0.2) is 29.2 Å². The molecule has 0 aromatic heterocycles. The highest BCUT2D eigenvalue weighted by Crippen LogP contribution is 2.20. The molecule has 27 heavy (non-hydrogen) atoms. The van der Waals surface area contributed by atoms with E-state index >= 15 is 0 Å². The fourth-order valence-electron chi connectivity index (χ4n) is 2.84. The van der Waals surface area contributed by atoms with Crippen molar-refractivity contribution in [3.05, 3.63) is 24.3 Å². The first-order valence-electron chi connectivity index (χ1n) is 8.85. The fourth-order valence-corrected chi connectivity index (χ4v) is 4.27. The molecule has 2 N–H and O–H groups in total. The zero-order chi connectivity index (χ0) is 19.4. The molecule has 3 rings (SSSR count). The van der Waals surface area contributed by atoms with E-state index in [0.29, 0.717) is 18.8 Å². The lowest BCUT2D eigenvalue weighted by atomic mass is 10.3. The molecule has 1 aromatic carbocycles. The van der Waals surface area contributed by atoms with Gasteiger partial charge >= 0.3 is 6.03 Å². The molecule has 1 aliphatic heterocycles. The van der Waals surface area contributed by atoms with Gasteiger partial charge in [-0.25, -0.2) is 13.2 Å². The molecule has 1 saturated heterocycles. The van der Waals surface area contributed by atoms with E-state index in [1.807, 2.05) is 4.90 Å². The molecule has 148 valence electrons. The standard InChI is InChI=1S/C17H24N4O5S/c1-26-14-4-6-15(7-5-14)27(24,25)21-10-8-20(9-11-21)12-16(22)19-17(23)18-13-2-3-13/h4-7,13H,2-3,8-12H2,1H3,(H2,18,19,22,23). The van der Waals surface area contributed by atoms with Gasteiger partial charge in [-0.2, -0.15) is 4.31 Å². The molecule has 9 nitrogen and oxygen atoms in total. The summed E-state index contributed by atoms with van der Waals surface area (Å²) in [6.07, 6.45) is 1.90. The van der Waals surface area contributed by atoms with Crippen LogP contribution in [0.5, 0.6) is 5.75 Å². The van der Waals surface area contributed by atoms with Crippen LogP contribution in [0.3, 0.4) is 0 Å². The lowest BCUT2D eigenvalue weighted by molar-refractivity contribution is -0.121. The van der Waals surface area contributed by atoms with E-state index in [-0.39, 0.29) is 36.5 Å². The Morgan fingerprint density at radius 3 is 2.30 bits per heavy atom. The Labute approximate surface area is 158 Å². The summed E-state index contributed by atoms with van der Waals surface area (Å²) < 4.78 is 31.9. The molecule has 3 amide bonds. The monoisotopic (exact) mass is 396 g/mol. The van der Waals surface area contributed by atoms with Crippen LogP contribution < -0.4 is 15.4 Å². The number of ether oxygens (including phenoxy) is 1. The van der Waals surface area contributed by atoms with Crippen LogP contribution in [-0.4, -0.2) is 75.4 Å². The minimum absolute atomic E-state index is 0.0640. The molecule has 0 radical (unpaired) electrons. The fraction of sp³-hybridized carbons (Fsp3) is 0.529. The number of carbonyl (C=O) groups is 2. The molecule has 1 heterocycles. The number of imide groups is 1. The van der Waals surface area contributed by atoms with Crippen molar-refractivity contribution < 1.29 is 22.7 Å². The smallest absolute Gasteiger partial charge is 0.321 e. The SMILES string of the molecule is COc1ccc(S(=O)(=O)N2CCN(CC(=O)NC(=O)NC3CC3)CC2)cc1. The molecule has 0 atom stereocenters. The van der Waals surface area contributed by atoms with Gasteiger partial charge in [0.2, 0.25) is 15.9 Å². The minimum Gasteiger partial charge on any atom is -0.497 e. The van der Waals surface area contributed by atoms with Crippen LogP contribution >= 0.6 is 0 Å². The molecule has 1 saturated carbocycles. The van der Waals surface area contributed by atoms with E-state index in [0.717, 1.165) is 12.8 Å². The third-order valence-corrected chi connectivity index (χ3v) is 6.47. The van der Waals surface area contributed by atoms with Gasteiger partial charge < -0.3 is 10.1 Å². The maximum Gasteiger partial charge on any atom is 0.321 e. The summed E-state index contributed by atoms with van der Waals surface area (Å²) in [5, 5.41) is 4.99. The second-order valence-corrected chi connectivity index (χ2v) is 8.59. The quantitative estimate of drug-likeness (QED) is 0.700. The number of sulfonamides is 1. The van der Waals surface area contributed by atoms with Crippen molar-refractivity contribution in [3.8, 4) is 5.75 Å². The molecule has 0 spiro atoms. The normalized spacial score (nSPS) is 18.7. The van der Waals surface area contributed by atoms with Crippen LogP contribution in [0.1, 0.15) is 12.8 Å². The number of rotatable bonds is 6. The van der Waals surface area contributed by atoms with E-state index < -0.39 is 16.1 Å². The van der Waals surface area contributed by atoms with Crippen LogP contribution in [-0.2, 0) is 14.8 Å². The number of piperazine rings is 1. The van der Waals surface area contributed by atoms with Gasteiger partial charge in [0.25, 0.3) is 0 Å². The van der Waals surface area contributed by atoms with Gasteiger partial charge in [-0.1, -0.05) is 0 Å². The predicted molar refractivity (Wildman–Crippen MR) is 97.9 cm³/mol. The van der Waals surface area contributed by atoms with Gasteiger partial charge in [0.15, 0.2) is 0 Å². The van der Waals surface area contributed by atoms with Crippen LogP contribution in [0.2, 0.25) is 0 Å². The Balaban J connectivity index is 1.48. The maximum atomic E-state index is 12.7. The van der Waals surface area contributed by atoms with Gasteiger partial charge in [-0.15, -0.1) is 0 Å². The van der Waals surface area contributed by atoms with E-state index in [1.54, 1.807) is 12.1 Å². The number of benzene rings is 1. The summed E-state index contributed by atoms with van der Waals surface area (Å²) >= 11 is 0. The number of methoxy groups -OCH3 is 1. The van der Waals surface area contributed by atoms with E-state index in [9.17, 15) is 18.0 Å². The van der Waals surface area contributed by atoms with Gasteiger partial charge in [0, 0.05) is 32.2 Å². The average Bonchev–Trinajstić information content (AvgIpc) is 3.46. The minimum atomic E-state index is -3.58. The van der Waals surface area contributed by atoms with E-state index in [2.05, 4.69) is 10.6 Å². The highest BCUT2D eigenvalue weighted by atomic mass is 32.2. The first-order valence-corrected chi connectivity index (χ1v) is 10.3. The molecular formula is C17H24N4O5S. The lowest BCUT2D eigenvalue weighted by Crippen LogP contribution is -2.52. The third-order valence-electron chi connectivity index (χ3n) is 4.56. The Morgan fingerprint density at radius 1 is 1.11 bits per heavy atom. The van der Waals surface area contributed by atoms with Crippen molar-refractivity contribution >= 4 is 22.0 Å². The van der Waals surface area contributed by atoms with E-state index in [4.69, 9.17) is 4.74 Å². The number of carbonyl (C=O) groups excluding carboxylic acids is 2. The van der Waals surface area contributed by atoms with E-state index in [1.165, 1.54) is 23.5 Å². The Morgan fingerprint density at radius 2 is 1.74 bits per heavy atom. The Kier molecular flexibility index (Phi) is 5.98. The highest BCUT2D eigenvalue weighted by Gasteiger charge is 2.29. The molecular weight excluding hydrogens is 372 g/mol. The summed E-state index contributed by atoms with van der Waals surface area (Å²) in [5.41, 5.74) is 0. The van der Waals surface area contributed by atoms with Gasteiger partial charge in [0.1, 0.15) is 5.75 Å². The second kappa shape index (κ2) is 8.24. The van der Waals surface area contributed by atoms with Crippen LogP contribution in [0.4, 0.5) is 4.79 Å². The van der Waals surface area contributed by atoms with Crippen molar-refractivity contribution in [3.63, 3.8) is 0 Å².